The largest absolute Gasteiger partial charge is 0.467 e. The minimum atomic E-state index is 0.208. The highest BCUT2D eigenvalue weighted by molar-refractivity contribution is 5.12. The van der Waals surface area contributed by atoms with E-state index >= 15 is 0 Å². The van der Waals surface area contributed by atoms with Crippen LogP contribution in [0.4, 0.5) is 0 Å². The van der Waals surface area contributed by atoms with Gasteiger partial charge in [0, 0.05) is 12.1 Å². The Labute approximate surface area is 85.5 Å². The molecular weight excluding hydrogens is 176 g/mol. The van der Waals surface area contributed by atoms with Crippen LogP contribution >= 0.6 is 0 Å². The lowest BCUT2D eigenvalue weighted by Crippen LogP contribution is -2.16. The Balaban J connectivity index is 2.95. The van der Waals surface area contributed by atoms with Crippen LogP contribution in [-0.2, 0) is 0 Å². The lowest BCUT2D eigenvalue weighted by molar-refractivity contribution is 0.325. The first-order valence-electron chi connectivity index (χ1n) is 4.82. The predicted molar refractivity (Wildman–Crippen MR) is 56.5 cm³/mol. The van der Waals surface area contributed by atoms with Gasteiger partial charge in [-0.3, -0.25) is 0 Å². The standard InChI is InChI=1S/C11H18N2O/c1-8(11(2,3)4)9-6-7-12-10(13-9)14-5/h6-8H,1-5H3. The molecule has 0 spiro atoms. The molecule has 0 aliphatic carbocycles. The van der Waals surface area contributed by atoms with Gasteiger partial charge in [0.2, 0.25) is 0 Å². The number of rotatable bonds is 2. The Kier molecular flexibility index (Phi) is 3.09. The maximum absolute atomic E-state index is 5.00. The molecule has 0 aliphatic heterocycles. The third-order valence-electron chi connectivity index (χ3n) is 2.58. The van der Waals surface area contributed by atoms with Crippen molar-refractivity contribution in [3.8, 4) is 6.01 Å². The molecule has 3 heteroatoms. The molecule has 0 saturated heterocycles. The molecule has 1 heterocycles. The molecule has 1 unspecified atom stereocenters. The molecule has 0 aliphatic rings. The number of nitrogens with zero attached hydrogens (tertiary/aromatic N) is 2. The molecule has 0 fully saturated rings. The fourth-order valence-electron chi connectivity index (χ4n) is 1.14. The molecule has 1 aromatic heterocycles. The van der Waals surface area contributed by atoms with E-state index in [-0.39, 0.29) is 5.41 Å². The Hall–Kier alpha value is -1.12. The molecule has 0 saturated carbocycles. The second-order valence-corrected chi connectivity index (χ2v) is 4.56. The van der Waals surface area contributed by atoms with Gasteiger partial charge < -0.3 is 4.74 Å². The third kappa shape index (κ3) is 2.44. The van der Waals surface area contributed by atoms with Crippen LogP contribution in [0, 0.1) is 5.41 Å². The second-order valence-electron chi connectivity index (χ2n) is 4.56. The zero-order valence-corrected chi connectivity index (χ0v) is 9.53. The van der Waals surface area contributed by atoms with Gasteiger partial charge in [-0.25, -0.2) is 4.98 Å². The molecule has 1 rings (SSSR count). The van der Waals surface area contributed by atoms with Gasteiger partial charge in [0.1, 0.15) is 0 Å². The predicted octanol–water partition coefficient (Wildman–Crippen LogP) is 2.63. The van der Waals surface area contributed by atoms with Crippen LogP contribution in [0.2, 0.25) is 0 Å². The number of ether oxygens (including phenoxy) is 1. The average molecular weight is 194 g/mol. The summed E-state index contributed by atoms with van der Waals surface area (Å²) in [7, 11) is 1.58. The fraction of sp³-hybridized carbons (Fsp3) is 0.636. The van der Waals surface area contributed by atoms with Gasteiger partial charge >= 0.3 is 6.01 Å². The number of methoxy groups -OCH3 is 1. The van der Waals surface area contributed by atoms with Crippen molar-refractivity contribution in [1.82, 2.24) is 9.97 Å². The average Bonchev–Trinajstić information content (AvgIpc) is 2.15. The molecule has 14 heavy (non-hydrogen) atoms. The first-order chi connectivity index (χ1) is 6.45. The Morgan fingerprint density at radius 2 is 2.00 bits per heavy atom. The van der Waals surface area contributed by atoms with E-state index in [1.807, 2.05) is 6.07 Å². The minimum absolute atomic E-state index is 0.208. The van der Waals surface area contributed by atoms with Crippen LogP contribution < -0.4 is 4.74 Å². The molecule has 0 amide bonds. The smallest absolute Gasteiger partial charge is 0.316 e. The quantitative estimate of drug-likeness (QED) is 0.726. The summed E-state index contributed by atoms with van der Waals surface area (Å²) < 4.78 is 5.00. The lowest BCUT2D eigenvalue weighted by Gasteiger charge is -2.26. The number of aromatic nitrogens is 2. The van der Waals surface area contributed by atoms with Gasteiger partial charge in [-0.15, -0.1) is 0 Å². The van der Waals surface area contributed by atoms with Gasteiger partial charge in [-0.1, -0.05) is 27.7 Å². The molecule has 3 nitrogen and oxygen atoms in total. The van der Waals surface area contributed by atoms with Crippen molar-refractivity contribution in [3.63, 3.8) is 0 Å². The second kappa shape index (κ2) is 3.95. The van der Waals surface area contributed by atoms with E-state index in [2.05, 4.69) is 37.7 Å². The van der Waals surface area contributed by atoms with Crippen molar-refractivity contribution in [2.75, 3.05) is 7.11 Å². The Bertz CT molecular complexity index is 304. The highest BCUT2D eigenvalue weighted by Crippen LogP contribution is 2.33. The number of hydrogen-bond acceptors (Lipinski definition) is 3. The van der Waals surface area contributed by atoms with Crippen molar-refractivity contribution < 1.29 is 4.74 Å². The normalized spacial score (nSPS) is 13.8. The van der Waals surface area contributed by atoms with E-state index < -0.39 is 0 Å². The maximum atomic E-state index is 5.00. The number of hydrogen-bond donors (Lipinski definition) is 0. The fourth-order valence-corrected chi connectivity index (χ4v) is 1.14. The first-order valence-corrected chi connectivity index (χ1v) is 4.82. The van der Waals surface area contributed by atoms with E-state index in [1.165, 1.54) is 0 Å². The summed E-state index contributed by atoms with van der Waals surface area (Å²) in [6.07, 6.45) is 1.74. The SMILES string of the molecule is COc1nccc(C(C)C(C)(C)C)n1. The summed E-state index contributed by atoms with van der Waals surface area (Å²) in [5.74, 6) is 0.388. The van der Waals surface area contributed by atoms with Crippen molar-refractivity contribution in [2.45, 2.75) is 33.6 Å². The van der Waals surface area contributed by atoms with Gasteiger partial charge in [0.05, 0.1) is 12.8 Å². The third-order valence-corrected chi connectivity index (χ3v) is 2.58. The van der Waals surface area contributed by atoms with Crippen LogP contribution in [0.25, 0.3) is 0 Å². The van der Waals surface area contributed by atoms with Crippen molar-refractivity contribution in [3.05, 3.63) is 18.0 Å². The highest BCUT2D eigenvalue weighted by Gasteiger charge is 2.23. The van der Waals surface area contributed by atoms with E-state index in [9.17, 15) is 0 Å². The molecule has 1 aromatic rings. The first kappa shape index (κ1) is 11.0. The zero-order chi connectivity index (χ0) is 10.8. The lowest BCUT2D eigenvalue weighted by atomic mass is 9.80. The van der Waals surface area contributed by atoms with Crippen molar-refractivity contribution in [2.24, 2.45) is 5.41 Å². The summed E-state index contributed by atoms with van der Waals surface area (Å²) in [6.45, 7) is 8.77. The summed E-state index contributed by atoms with van der Waals surface area (Å²) in [4.78, 5) is 8.31. The Morgan fingerprint density at radius 3 is 2.50 bits per heavy atom. The van der Waals surface area contributed by atoms with Gasteiger partial charge in [0.15, 0.2) is 0 Å². The maximum Gasteiger partial charge on any atom is 0.316 e. The van der Waals surface area contributed by atoms with E-state index in [0.29, 0.717) is 11.9 Å². The highest BCUT2D eigenvalue weighted by atomic mass is 16.5. The Morgan fingerprint density at radius 1 is 1.36 bits per heavy atom. The van der Waals surface area contributed by atoms with Crippen LogP contribution in [0.3, 0.4) is 0 Å². The molecule has 0 aromatic carbocycles. The van der Waals surface area contributed by atoms with Crippen molar-refractivity contribution >= 4 is 0 Å². The van der Waals surface area contributed by atoms with Crippen LogP contribution in [0.15, 0.2) is 12.3 Å². The molecule has 0 radical (unpaired) electrons. The monoisotopic (exact) mass is 194 g/mol. The van der Waals surface area contributed by atoms with E-state index in [4.69, 9.17) is 4.74 Å². The zero-order valence-electron chi connectivity index (χ0n) is 9.53. The summed E-state index contributed by atoms with van der Waals surface area (Å²) in [5.41, 5.74) is 1.24. The topological polar surface area (TPSA) is 35.0 Å². The van der Waals surface area contributed by atoms with Gasteiger partial charge in [-0.05, 0) is 11.5 Å². The van der Waals surface area contributed by atoms with Crippen LogP contribution in [-0.4, -0.2) is 17.1 Å². The molecule has 1 atom stereocenters. The molecular formula is C11H18N2O. The van der Waals surface area contributed by atoms with E-state index in [1.54, 1.807) is 13.3 Å². The molecule has 78 valence electrons. The molecule has 0 bridgehead atoms. The van der Waals surface area contributed by atoms with Crippen LogP contribution in [0.5, 0.6) is 6.01 Å². The van der Waals surface area contributed by atoms with Gasteiger partial charge in [0.25, 0.3) is 0 Å². The van der Waals surface area contributed by atoms with Crippen LogP contribution in [0.1, 0.15) is 39.3 Å². The van der Waals surface area contributed by atoms with Gasteiger partial charge in [-0.2, -0.15) is 4.98 Å². The summed E-state index contributed by atoms with van der Waals surface area (Å²) in [5, 5.41) is 0. The van der Waals surface area contributed by atoms with E-state index in [0.717, 1.165) is 5.69 Å². The van der Waals surface area contributed by atoms with Crippen molar-refractivity contribution in [1.29, 1.82) is 0 Å². The summed E-state index contributed by atoms with van der Waals surface area (Å²) in [6, 6.07) is 2.39. The molecule has 0 N–H and O–H groups in total. The summed E-state index contributed by atoms with van der Waals surface area (Å²) >= 11 is 0. The minimum Gasteiger partial charge on any atom is -0.467 e.